The highest BCUT2D eigenvalue weighted by atomic mass is 32.1. The Labute approximate surface area is 154 Å². The summed E-state index contributed by atoms with van der Waals surface area (Å²) >= 11 is 1.15. The second kappa shape index (κ2) is 7.57. The molecule has 0 atom stereocenters. The lowest BCUT2D eigenvalue weighted by Gasteiger charge is -2.10. The molecule has 3 rings (SSSR count). The lowest BCUT2D eigenvalue weighted by molar-refractivity contribution is -0.116. The van der Waals surface area contributed by atoms with Crippen LogP contribution in [0.25, 0.3) is 0 Å². The number of aromatic nitrogens is 3. The van der Waals surface area contributed by atoms with Crippen LogP contribution < -0.4 is 14.9 Å². The molecule has 0 aliphatic rings. The Morgan fingerprint density at radius 2 is 1.96 bits per heavy atom. The Morgan fingerprint density at radius 1 is 1.23 bits per heavy atom. The zero-order chi connectivity index (χ0) is 18.7. The minimum absolute atomic E-state index is 0.0112. The SMILES string of the molecule is COc1ccc(Cn2nccc2NC(=O)Cn2c(C)c(C)sc2=O)cc1. The van der Waals surface area contributed by atoms with Crippen molar-refractivity contribution < 1.29 is 9.53 Å². The number of nitrogens with zero attached hydrogens (tertiary/aromatic N) is 3. The molecule has 1 N–H and O–H groups in total. The van der Waals surface area contributed by atoms with Crippen LogP contribution in [-0.4, -0.2) is 27.4 Å². The Morgan fingerprint density at radius 3 is 2.58 bits per heavy atom. The van der Waals surface area contributed by atoms with Crippen molar-refractivity contribution in [1.29, 1.82) is 0 Å². The third kappa shape index (κ3) is 3.85. The monoisotopic (exact) mass is 372 g/mol. The maximum atomic E-state index is 12.4. The number of rotatable bonds is 6. The maximum Gasteiger partial charge on any atom is 0.308 e. The van der Waals surface area contributed by atoms with Gasteiger partial charge in [-0.1, -0.05) is 23.5 Å². The minimum atomic E-state index is -0.260. The van der Waals surface area contributed by atoms with Crippen LogP contribution in [0.2, 0.25) is 0 Å². The summed E-state index contributed by atoms with van der Waals surface area (Å²) in [6.07, 6.45) is 1.63. The van der Waals surface area contributed by atoms with Gasteiger partial charge in [0.25, 0.3) is 0 Å². The number of methoxy groups -OCH3 is 1. The Kier molecular flexibility index (Phi) is 5.22. The lowest BCUT2D eigenvalue weighted by atomic mass is 10.2. The van der Waals surface area contributed by atoms with Crippen LogP contribution in [-0.2, 0) is 17.9 Å². The topological polar surface area (TPSA) is 78.2 Å². The predicted octanol–water partition coefficient (Wildman–Crippen LogP) is 2.42. The van der Waals surface area contributed by atoms with Crippen molar-refractivity contribution in [2.45, 2.75) is 26.9 Å². The van der Waals surface area contributed by atoms with Gasteiger partial charge in [-0.3, -0.25) is 14.2 Å². The molecule has 0 saturated heterocycles. The first-order valence-electron chi connectivity index (χ1n) is 8.09. The van der Waals surface area contributed by atoms with Crippen molar-refractivity contribution in [3.63, 3.8) is 0 Å². The van der Waals surface area contributed by atoms with Crippen LogP contribution in [0.1, 0.15) is 16.1 Å². The molecule has 0 aliphatic carbocycles. The highest BCUT2D eigenvalue weighted by Crippen LogP contribution is 2.15. The summed E-state index contributed by atoms with van der Waals surface area (Å²) < 4.78 is 8.34. The number of anilines is 1. The van der Waals surface area contributed by atoms with Crippen molar-refractivity contribution in [2.75, 3.05) is 12.4 Å². The predicted molar refractivity (Wildman–Crippen MR) is 101 cm³/mol. The van der Waals surface area contributed by atoms with Crippen LogP contribution in [0.5, 0.6) is 5.75 Å². The van der Waals surface area contributed by atoms with Gasteiger partial charge in [-0.25, -0.2) is 4.68 Å². The van der Waals surface area contributed by atoms with Crippen molar-refractivity contribution in [3.8, 4) is 5.75 Å². The highest BCUT2D eigenvalue weighted by Gasteiger charge is 2.13. The number of amides is 1. The fraction of sp³-hybridized carbons (Fsp3) is 0.278. The fourth-order valence-corrected chi connectivity index (χ4v) is 3.40. The normalized spacial score (nSPS) is 10.7. The first-order valence-corrected chi connectivity index (χ1v) is 8.91. The van der Waals surface area contributed by atoms with Crippen LogP contribution in [0, 0.1) is 13.8 Å². The summed E-state index contributed by atoms with van der Waals surface area (Å²) in [7, 11) is 1.62. The van der Waals surface area contributed by atoms with Crippen LogP contribution in [0.3, 0.4) is 0 Å². The smallest absolute Gasteiger partial charge is 0.308 e. The van der Waals surface area contributed by atoms with Crippen LogP contribution >= 0.6 is 11.3 Å². The van der Waals surface area contributed by atoms with Gasteiger partial charge in [0.1, 0.15) is 18.1 Å². The van der Waals surface area contributed by atoms with Gasteiger partial charge < -0.3 is 10.1 Å². The Balaban J connectivity index is 1.70. The molecule has 0 saturated carbocycles. The van der Waals surface area contributed by atoms with E-state index in [4.69, 9.17) is 4.74 Å². The third-order valence-electron chi connectivity index (χ3n) is 4.15. The minimum Gasteiger partial charge on any atom is -0.497 e. The van der Waals surface area contributed by atoms with Crippen molar-refractivity contribution in [3.05, 3.63) is 62.3 Å². The van der Waals surface area contributed by atoms with Gasteiger partial charge in [-0.2, -0.15) is 5.10 Å². The first-order chi connectivity index (χ1) is 12.5. The zero-order valence-electron chi connectivity index (χ0n) is 14.9. The molecule has 0 spiro atoms. The van der Waals surface area contributed by atoms with E-state index in [1.54, 1.807) is 24.1 Å². The summed E-state index contributed by atoms with van der Waals surface area (Å²) in [6.45, 7) is 4.22. The molecule has 8 heteroatoms. The van der Waals surface area contributed by atoms with Crippen LogP contribution in [0.4, 0.5) is 5.82 Å². The molecule has 1 amide bonds. The van der Waals surface area contributed by atoms with E-state index < -0.39 is 0 Å². The van der Waals surface area contributed by atoms with E-state index in [1.165, 1.54) is 4.57 Å². The molecule has 1 aromatic carbocycles. The molecular formula is C18H20N4O3S. The Hall–Kier alpha value is -2.87. The summed E-state index contributed by atoms with van der Waals surface area (Å²) in [4.78, 5) is 25.1. The van der Waals surface area contributed by atoms with Crippen molar-refractivity contribution in [1.82, 2.24) is 14.3 Å². The zero-order valence-corrected chi connectivity index (χ0v) is 15.7. The maximum absolute atomic E-state index is 12.4. The van der Waals surface area contributed by atoms with Gasteiger partial charge in [-0.15, -0.1) is 0 Å². The van der Waals surface area contributed by atoms with E-state index in [-0.39, 0.29) is 17.3 Å². The molecule has 0 fully saturated rings. The summed E-state index contributed by atoms with van der Waals surface area (Å²) in [5.41, 5.74) is 1.85. The van der Waals surface area contributed by atoms with Gasteiger partial charge >= 0.3 is 4.87 Å². The number of ether oxygens (including phenoxy) is 1. The molecule has 0 aliphatic heterocycles. The summed E-state index contributed by atoms with van der Waals surface area (Å²) in [6, 6.07) is 9.39. The van der Waals surface area contributed by atoms with Crippen LogP contribution in [0.15, 0.2) is 41.3 Å². The molecule has 26 heavy (non-hydrogen) atoms. The molecule has 2 heterocycles. The van der Waals surface area contributed by atoms with E-state index in [1.807, 2.05) is 38.1 Å². The number of thiazole rings is 1. The molecule has 0 bridgehead atoms. The van der Waals surface area contributed by atoms with E-state index in [9.17, 15) is 9.59 Å². The van der Waals surface area contributed by atoms with E-state index in [0.717, 1.165) is 33.2 Å². The highest BCUT2D eigenvalue weighted by molar-refractivity contribution is 7.09. The second-order valence-electron chi connectivity index (χ2n) is 5.87. The molecule has 0 radical (unpaired) electrons. The molecular weight excluding hydrogens is 352 g/mol. The van der Waals surface area contributed by atoms with E-state index >= 15 is 0 Å². The summed E-state index contributed by atoms with van der Waals surface area (Å²) in [5, 5.41) is 7.08. The van der Waals surface area contributed by atoms with Gasteiger partial charge in [0.2, 0.25) is 5.91 Å². The molecule has 136 valence electrons. The molecule has 7 nitrogen and oxygen atoms in total. The van der Waals surface area contributed by atoms with Gasteiger partial charge in [0, 0.05) is 16.6 Å². The first kappa shape index (κ1) is 17.9. The standard InChI is InChI=1S/C18H20N4O3S/c1-12-13(2)26-18(24)21(12)11-17(23)20-16-8-9-19-22(16)10-14-4-6-15(25-3)7-5-14/h4-9H,10-11H2,1-3H3,(H,20,23). The van der Waals surface area contributed by atoms with E-state index in [0.29, 0.717) is 12.4 Å². The van der Waals surface area contributed by atoms with E-state index in [2.05, 4.69) is 10.4 Å². The van der Waals surface area contributed by atoms with Gasteiger partial charge in [-0.05, 0) is 31.5 Å². The largest absolute Gasteiger partial charge is 0.497 e. The molecule has 0 unspecified atom stereocenters. The number of carbonyl (C=O) groups excluding carboxylic acids is 1. The van der Waals surface area contributed by atoms with Crippen molar-refractivity contribution in [2.24, 2.45) is 0 Å². The third-order valence-corrected chi connectivity index (χ3v) is 5.15. The number of carbonyl (C=O) groups is 1. The Bertz CT molecular complexity index is 969. The van der Waals surface area contributed by atoms with Crippen molar-refractivity contribution >= 4 is 23.1 Å². The number of hydrogen-bond acceptors (Lipinski definition) is 5. The van der Waals surface area contributed by atoms with Gasteiger partial charge in [0.05, 0.1) is 19.9 Å². The van der Waals surface area contributed by atoms with Gasteiger partial charge in [0.15, 0.2) is 0 Å². The second-order valence-corrected chi connectivity index (χ2v) is 7.03. The number of nitrogens with one attached hydrogen (secondary N) is 1. The lowest BCUT2D eigenvalue weighted by Crippen LogP contribution is -2.26. The number of hydrogen-bond donors (Lipinski definition) is 1. The average molecular weight is 372 g/mol. The molecule has 3 aromatic rings. The average Bonchev–Trinajstić information content (AvgIpc) is 3.15. The summed E-state index contributed by atoms with van der Waals surface area (Å²) in [5.74, 6) is 1.11. The molecule has 2 aromatic heterocycles. The fourth-order valence-electron chi connectivity index (χ4n) is 2.56. The quantitative estimate of drug-likeness (QED) is 0.721. The number of aryl methyl sites for hydroxylation is 1. The number of benzene rings is 1.